The van der Waals surface area contributed by atoms with Crippen LogP contribution in [0.15, 0.2) is 53.4 Å². The maximum Gasteiger partial charge on any atom is 0.244 e. The normalized spacial score (nSPS) is 17.2. The summed E-state index contributed by atoms with van der Waals surface area (Å²) < 4.78 is 27.4. The Balaban J connectivity index is 1.33. The molecule has 2 aromatic rings. The summed E-state index contributed by atoms with van der Waals surface area (Å²) in [7, 11) is -1.83. The molecule has 2 aliphatic heterocycles. The van der Waals surface area contributed by atoms with Gasteiger partial charge in [0.1, 0.15) is 6.07 Å². The number of anilines is 1. The van der Waals surface area contributed by atoms with Gasteiger partial charge >= 0.3 is 0 Å². The Labute approximate surface area is 202 Å². The minimum atomic E-state index is -3.77. The van der Waals surface area contributed by atoms with Gasteiger partial charge in [-0.1, -0.05) is 30.3 Å². The number of amides is 1. The predicted molar refractivity (Wildman–Crippen MR) is 131 cm³/mol. The van der Waals surface area contributed by atoms with Crippen molar-refractivity contribution in [2.75, 3.05) is 57.8 Å². The Bertz CT molecular complexity index is 1160. The molecule has 0 aromatic heterocycles. The molecule has 2 aliphatic rings. The summed E-state index contributed by atoms with van der Waals surface area (Å²) in [5.74, 6) is -0.00405. The van der Waals surface area contributed by atoms with Crippen LogP contribution in [0.1, 0.15) is 24.0 Å². The van der Waals surface area contributed by atoms with Crippen molar-refractivity contribution in [1.29, 1.82) is 5.26 Å². The van der Waals surface area contributed by atoms with Crippen LogP contribution in [0, 0.1) is 11.3 Å². The number of rotatable bonds is 7. The zero-order chi connectivity index (χ0) is 24.1. The molecule has 2 aromatic carbocycles. The first-order valence-electron chi connectivity index (χ1n) is 11.7. The molecule has 1 amide bonds. The lowest BCUT2D eigenvalue weighted by atomic mass is 10.1. The number of nitrogens with zero attached hydrogens (tertiary/aromatic N) is 5. The summed E-state index contributed by atoms with van der Waals surface area (Å²) in [5, 5.41) is 9.27. The van der Waals surface area contributed by atoms with E-state index < -0.39 is 10.0 Å². The average molecular weight is 482 g/mol. The topological polar surface area (TPSA) is 88.0 Å². The van der Waals surface area contributed by atoms with E-state index in [1.165, 1.54) is 40.5 Å². The van der Waals surface area contributed by atoms with Gasteiger partial charge < -0.3 is 9.80 Å². The number of carbonyl (C=O) groups is 1. The molecule has 4 rings (SSSR count). The van der Waals surface area contributed by atoms with Crippen LogP contribution in [0.2, 0.25) is 0 Å². The van der Waals surface area contributed by atoms with Crippen LogP contribution in [0.5, 0.6) is 0 Å². The van der Waals surface area contributed by atoms with Gasteiger partial charge in [-0.15, -0.1) is 0 Å². The second-order valence-corrected chi connectivity index (χ2v) is 10.8. The third kappa shape index (κ3) is 5.25. The molecule has 8 nitrogen and oxygen atoms in total. The minimum absolute atomic E-state index is 0.00405. The van der Waals surface area contributed by atoms with Gasteiger partial charge in [0, 0.05) is 51.5 Å². The minimum Gasteiger partial charge on any atom is -0.371 e. The highest BCUT2D eigenvalue weighted by atomic mass is 32.2. The van der Waals surface area contributed by atoms with Crippen LogP contribution in [-0.4, -0.2) is 81.3 Å². The zero-order valence-corrected chi connectivity index (χ0v) is 20.4. The number of hydrogen-bond donors (Lipinski definition) is 0. The van der Waals surface area contributed by atoms with Crippen LogP contribution in [0.4, 0.5) is 5.69 Å². The van der Waals surface area contributed by atoms with E-state index in [1.54, 1.807) is 17.0 Å². The second kappa shape index (κ2) is 10.6. The van der Waals surface area contributed by atoms with Crippen molar-refractivity contribution in [3.8, 4) is 6.07 Å². The molecule has 34 heavy (non-hydrogen) atoms. The maximum absolute atomic E-state index is 13.0. The molecular formula is C25H31N5O3S. The second-order valence-electron chi connectivity index (χ2n) is 8.89. The summed E-state index contributed by atoms with van der Waals surface area (Å²) in [6.45, 7) is 4.22. The van der Waals surface area contributed by atoms with Crippen LogP contribution in [-0.2, 0) is 21.4 Å². The van der Waals surface area contributed by atoms with E-state index in [1.807, 2.05) is 24.1 Å². The van der Waals surface area contributed by atoms with E-state index >= 15 is 0 Å². The summed E-state index contributed by atoms with van der Waals surface area (Å²) in [4.78, 5) is 19.1. The molecule has 0 radical (unpaired) electrons. The smallest absolute Gasteiger partial charge is 0.244 e. The van der Waals surface area contributed by atoms with Gasteiger partial charge in [-0.05, 0) is 43.7 Å². The van der Waals surface area contributed by atoms with Crippen molar-refractivity contribution >= 4 is 21.6 Å². The highest BCUT2D eigenvalue weighted by Gasteiger charge is 2.31. The first kappa shape index (κ1) is 24.2. The molecule has 0 aliphatic carbocycles. The third-order valence-electron chi connectivity index (χ3n) is 6.50. The lowest BCUT2D eigenvalue weighted by Crippen LogP contribution is -2.52. The van der Waals surface area contributed by atoms with Gasteiger partial charge in [0.25, 0.3) is 0 Å². The SMILES string of the molecule is CN(CC(=O)N1CCN(S(=O)(=O)c2ccccc2C#N)CC1)Cc1ccccc1N1CCCC1. The molecular weight excluding hydrogens is 450 g/mol. The van der Waals surface area contributed by atoms with Gasteiger partial charge in [0.15, 0.2) is 0 Å². The van der Waals surface area contributed by atoms with Gasteiger partial charge in [-0.25, -0.2) is 8.42 Å². The van der Waals surface area contributed by atoms with Crippen molar-refractivity contribution in [3.05, 3.63) is 59.7 Å². The molecule has 0 bridgehead atoms. The van der Waals surface area contributed by atoms with E-state index in [9.17, 15) is 18.5 Å². The van der Waals surface area contributed by atoms with Crippen molar-refractivity contribution in [2.45, 2.75) is 24.3 Å². The highest BCUT2D eigenvalue weighted by molar-refractivity contribution is 7.89. The number of sulfonamides is 1. The largest absolute Gasteiger partial charge is 0.371 e. The number of benzene rings is 2. The molecule has 0 N–H and O–H groups in total. The Morgan fingerprint density at radius 2 is 1.62 bits per heavy atom. The fourth-order valence-corrected chi connectivity index (χ4v) is 6.25. The molecule has 180 valence electrons. The first-order valence-corrected chi connectivity index (χ1v) is 13.1. The number of hydrogen-bond acceptors (Lipinski definition) is 6. The molecule has 0 saturated carbocycles. The number of nitriles is 1. The van der Waals surface area contributed by atoms with Crippen LogP contribution < -0.4 is 4.90 Å². The Morgan fingerprint density at radius 1 is 0.971 bits per heavy atom. The Kier molecular flexibility index (Phi) is 7.51. The zero-order valence-electron chi connectivity index (χ0n) is 19.6. The van der Waals surface area contributed by atoms with Crippen molar-refractivity contribution in [1.82, 2.24) is 14.1 Å². The number of carbonyl (C=O) groups excluding carboxylic acids is 1. The molecule has 9 heteroatoms. The van der Waals surface area contributed by atoms with Gasteiger partial charge in [-0.2, -0.15) is 9.57 Å². The molecule has 2 saturated heterocycles. The van der Waals surface area contributed by atoms with Gasteiger partial charge in [0.2, 0.25) is 15.9 Å². The summed E-state index contributed by atoms with van der Waals surface area (Å²) in [6.07, 6.45) is 2.43. The van der Waals surface area contributed by atoms with Crippen LogP contribution >= 0.6 is 0 Å². The Morgan fingerprint density at radius 3 is 2.32 bits per heavy atom. The first-order chi connectivity index (χ1) is 16.4. The molecule has 0 spiro atoms. The molecule has 0 atom stereocenters. The monoisotopic (exact) mass is 481 g/mol. The highest BCUT2D eigenvalue weighted by Crippen LogP contribution is 2.25. The summed E-state index contributed by atoms with van der Waals surface area (Å²) in [6, 6.07) is 16.6. The number of para-hydroxylation sites is 1. The van der Waals surface area contributed by atoms with Crippen LogP contribution in [0.3, 0.4) is 0 Å². The quantitative estimate of drug-likeness (QED) is 0.602. The maximum atomic E-state index is 13.0. The lowest BCUT2D eigenvalue weighted by Gasteiger charge is -2.35. The predicted octanol–water partition coefficient (Wildman–Crippen LogP) is 2.12. The van der Waals surface area contributed by atoms with Crippen molar-refractivity contribution in [2.24, 2.45) is 0 Å². The number of likely N-dealkylation sites (N-methyl/N-ethyl adjacent to an activating group) is 1. The van der Waals surface area contributed by atoms with Crippen LogP contribution in [0.25, 0.3) is 0 Å². The van der Waals surface area contributed by atoms with Gasteiger partial charge in [-0.3, -0.25) is 9.69 Å². The van der Waals surface area contributed by atoms with E-state index in [2.05, 4.69) is 23.1 Å². The molecule has 2 heterocycles. The third-order valence-corrected chi connectivity index (χ3v) is 8.46. The van der Waals surface area contributed by atoms with E-state index in [0.717, 1.165) is 13.1 Å². The Hall–Kier alpha value is -2.93. The lowest BCUT2D eigenvalue weighted by molar-refractivity contribution is -0.133. The van der Waals surface area contributed by atoms with E-state index in [-0.39, 0.29) is 36.0 Å². The van der Waals surface area contributed by atoms with E-state index in [4.69, 9.17) is 0 Å². The average Bonchev–Trinajstić information content (AvgIpc) is 3.39. The van der Waals surface area contributed by atoms with Gasteiger partial charge in [0.05, 0.1) is 17.0 Å². The fourth-order valence-electron chi connectivity index (χ4n) is 4.69. The van der Waals surface area contributed by atoms with Crippen molar-refractivity contribution < 1.29 is 13.2 Å². The standard InChI is InChI=1S/C25H31N5O3S/c1-27(19-22-9-2-4-10-23(22)28-12-6-7-13-28)20-25(31)29-14-16-30(17-15-29)34(32,33)24-11-5-3-8-21(24)18-26/h2-5,8-11H,6-7,12-17,19-20H2,1H3. The summed E-state index contributed by atoms with van der Waals surface area (Å²) >= 11 is 0. The van der Waals surface area contributed by atoms with E-state index in [0.29, 0.717) is 19.6 Å². The number of piperazine rings is 1. The molecule has 0 unspecified atom stereocenters. The fraction of sp³-hybridized carbons (Fsp3) is 0.440. The molecule has 2 fully saturated rings. The van der Waals surface area contributed by atoms with Crippen molar-refractivity contribution in [3.63, 3.8) is 0 Å². The summed E-state index contributed by atoms with van der Waals surface area (Å²) in [5.41, 5.74) is 2.60.